The van der Waals surface area contributed by atoms with Crippen molar-refractivity contribution in [2.24, 2.45) is 5.41 Å². The van der Waals surface area contributed by atoms with Crippen molar-refractivity contribution in [3.63, 3.8) is 0 Å². The summed E-state index contributed by atoms with van der Waals surface area (Å²) in [5.74, 6) is -1.11. The van der Waals surface area contributed by atoms with Crippen LogP contribution in [0.5, 0.6) is 0 Å². The average molecular weight is 258 g/mol. The molecule has 0 N–H and O–H groups in total. The van der Waals surface area contributed by atoms with Crippen LogP contribution in [-0.2, 0) is 19.0 Å². The number of carbonyl (C=O) groups excluding carboxylic acids is 2. The van der Waals surface area contributed by atoms with E-state index in [0.717, 1.165) is 0 Å². The van der Waals surface area contributed by atoms with Gasteiger partial charge in [-0.05, 0) is 6.92 Å². The second-order valence-corrected chi connectivity index (χ2v) is 3.58. The van der Waals surface area contributed by atoms with E-state index in [1.165, 1.54) is 6.92 Å². The van der Waals surface area contributed by atoms with Crippen molar-refractivity contribution in [2.45, 2.75) is 20.5 Å². The highest BCUT2D eigenvalue weighted by molar-refractivity contribution is 5.78. The highest BCUT2D eigenvalue weighted by atomic mass is 19.4. The first-order valence-electron chi connectivity index (χ1n) is 4.26. The van der Waals surface area contributed by atoms with E-state index in [-0.39, 0.29) is 20.6 Å². The molecule has 1 heterocycles. The predicted molar refractivity (Wildman–Crippen MR) is 49.2 cm³/mol. The summed E-state index contributed by atoms with van der Waals surface area (Å²) in [4.78, 5) is 21.8. The van der Waals surface area contributed by atoms with Crippen molar-refractivity contribution in [1.29, 1.82) is 0 Å². The van der Waals surface area contributed by atoms with Gasteiger partial charge in [-0.1, -0.05) is 7.43 Å². The SMILES string of the molecule is C.CC1(C(=O)OCC(F)(F)F)COC(=O)OC1. The predicted octanol–water partition coefficient (Wildman–Crippen LogP) is 1.90. The Hall–Kier alpha value is -1.47. The highest BCUT2D eigenvalue weighted by Gasteiger charge is 2.43. The van der Waals surface area contributed by atoms with Crippen molar-refractivity contribution in [3.8, 4) is 0 Å². The minimum atomic E-state index is -4.59. The van der Waals surface area contributed by atoms with Crippen LogP contribution >= 0.6 is 0 Å². The molecule has 1 aliphatic heterocycles. The first-order chi connectivity index (χ1) is 7.23. The number of cyclic esters (lactones) is 2. The number of rotatable bonds is 2. The van der Waals surface area contributed by atoms with Crippen LogP contribution in [0.3, 0.4) is 0 Å². The summed E-state index contributed by atoms with van der Waals surface area (Å²) < 4.78 is 48.2. The van der Waals surface area contributed by atoms with Crippen molar-refractivity contribution >= 4 is 12.1 Å². The van der Waals surface area contributed by atoms with Gasteiger partial charge in [0, 0.05) is 0 Å². The van der Waals surface area contributed by atoms with Crippen LogP contribution in [0.2, 0.25) is 0 Å². The molecule has 0 aromatic carbocycles. The molecule has 5 nitrogen and oxygen atoms in total. The summed E-state index contributed by atoms with van der Waals surface area (Å²) in [5, 5.41) is 0. The highest BCUT2D eigenvalue weighted by Crippen LogP contribution is 2.25. The smallest absolute Gasteiger partial charge is 0.455 e. The van der Waals surface area contributed by atoms with Gasteiger partial charge >= 0.3 is 18.3 Å². The number of hydrogen-bond donors (Lipinski definition) is 0. The van der Waals surface area contributed by atoms with E-state index in [2.05, 4.69) is 14.2 Å². The van der Waals surface area contributed by atoms with Crippen LogP contribution in [0, 0.1) is 5.41 Å². The van der Waals surface area contributed by atoms with Gasteiger partial charge in [-0.15, -0.1) is 0 Å². The maximum atomic E-state index is 11.8. The molecule has 0 aliphatic carbocycles. The lowest BCUT2D eigenvalue weighted by Gasteiger charge is -2.29. The van der Waals surface area contributed by atoms with Crippen molar-refractivity contribution in [3.05, 3.63) is 0 Å². The van der Waals surface area contributed by atoms with Gasteiger partial charge in [0.1, 0.15) is 18.6 Å². The summed E-state index contributed by atoms with van der Waals surface area (Å²) in [5.41, 5.74) is -1.39. The zero-order valence-electron chi connectivity index (χ0n) is 8.30. The fourth-order valence-corrected chi connectivity index (χ4v) is 0.959. The molecular weight excluding hydrogens is 245 g/mol. The second-order valence-electron chi connectivity index (χ2n) is 3.58. The van der Waals surface area contributed by atoms with E-state index in [4.69, 9.17) is 0 Å². The Balaban J connectivity index is 0.00000256. The van der Waals surface area contributed by atoms with Gasteiger partial charge in [-0.2, -0.15) is 13.2 Å². The standard InChI is InChI=1S/C8H9F3O5.CH4/c1-7(2-15-6(13)16-3-7)5(12)14-4-8(9,10)11;/h2-4H2,1H3;1H4. The molecule has 8 heteroatoms. The van der Waals surface area contributed by atoms with Gasteiger partial charge in [0.05, 0.1) is 0 Å². The van der Waals surface area contributed by atoms with Crippen LogP contribution in [0.4, 0.5) is 18.0 Å². The Bertz CT molecular complexity index is 289. The first kappa shape index (κ1) is 15.5. The Morgan fingerprint density at radius 2 is 1.88 bits per heavy atom. The van der Waals surface area contributed by atoms with E-state index >= 15 is 0 Å². The molecule has 0 spiro atoms. The van der Waals surface area contributed by atoms with E-state index < -0.39 is 30.3 Å². The van der Waals surface area contributed by atoms with Gasteiger partial charge in [0.15, 0.2) is 6.61 Å². The third-order valence-corrected chi connectivity index (χ3v) is 1.88. The lowest BCUT2D eigenvalue weighted by Crippen LogP contribution is -2.44. The minimum Gasteiger partial charge on any atom is -0.455 e. The Kier molecular flexibility index (Phi) is 4.79. The molecule has 0 unspecified atom stereocenters. The van der Waals surface area contributed by atoms with Gasteiger partial charge in [0.2, 0.25) is 0 Å². The Morgan fingerprint density at radius 1 is 1.41 bits per heavy atom. The normalized spacial score (nSPS) is 18.5. The van der Waals surface area contributed by atoms with E-state index in [0.29, 0.717) is 0 Å². The van der Waals surface area contributed by atoms with Gasteiger partial charge in [-0.25, -0.2) is 4.79 Å². The third kappa shape index (κ3) is 4.49. The van der Waals surface area contributed by atoms with Gasteiger partial charge in [-0.3, -0.25) is 4.79 Å². The van der Waals surface area contributed by atoms with Crippen molar-refractivity contribution in [1.82, 2.24) is 0 Å². The fourth-order valence-electron chi connectivity index (χ4n) is 0.959. The molecule has 0 radical (unpaired) electrons. The number of carbonyl (C=O) groups is 2. The van der Waals surface area contributed by atoms with E-state index in [1.54, 1.807) is 0 Å². The number of hydrogen-bond acceptors (Lipinski definition) is 5. The van der Waals surface area contributed by atoms with Gasteiger partial charge < -0.3 is 14.2 Å². The molecule has 1 rings (SSSR count). The Labute approximate surface area is 95.8 Å². The molecule has 1 aliphatic rings. The van der Waals surface area contributed by atoms with Crippen LogP contribution in [0.1, 0.15) is 14.4 Å². The van der Waals surface area contributed by atoms with Crippen LogP contribution in [0.15, 0.2) is 0 Å². The zero-order chi connectivity index (χ0) is 12.4. The molecular formula is C9H13F3O5. The van der Waals surface area contributed by atoms with Crippen LogP contribution in [-0.4, -0.2) is 38.1 Å². The van der Waals surface area contributed by atoms with Crippen LogP contribution in [0.25, 0.3) is 0 Å². The number of esters is 1. The zero-order valence-corrected chi connectivity index (χ0v) is 8.30. The molecule has 100 valence electrons. The summed E-state index contributed by atoms with van der Waals surface area (Å²) in [6.45, 7) is -1.10. The summed E-state index contributed by atoms with van der Waals surface area (Å²) >= 11 is 0. The molecule has 17 heavy (non-hydrogen) atoms. The monoisotopic (exact) mass is 258 g/mol. The third-order valence-electron chi connectivity index (χ3n) is 1.88. The van der Waals surface area contributed by atoms with Crippen LogP contribution < -0.4 is 0 Å². The molecule has 0 atom stereocenters. The largest absolute Gasteiger partial charge is 0.508 e. The number of halogens is 3. The molecule has 1 saturated heterocycles. The maximum absolute atomic E-state index is 11.8. The maximum Gasteiger partial charge on any atom is 0.508 e. The summed E-state index contributed by atoms with van der Waals surface area (Å²) in [6.07, 6.45) is -5.54. The lowest BCUT2D eigenvalue weighted by atomic mass is 9.93. The van der Waals surface area contributed by atoms with E-state index in [1.807, 2.05) is 0 Å². The second kappa shape index (κ2) is 5.24. The number of ether oxygens (including phenoxy) is 3. The van der Waals surface area contributed by atoms with Gasteiger partial charge in [0.25, 0.3) is 0 Å². The topological polar surface area (TPSA) is 61.8 Å². The average Bonchev–Trinajstić information content (AvgIpc) is 2.18. The fraction of sp³-hybridized carbons (Fsp3) is 0.778. The Morgan fingerprint density at radius 3 is 2.29 bits per heavy atom. The molecule has 0 saturated carbocycles. The van der Waals surface area contributed by atoms with Crippen molar-refractivity contribution in [2.75, 3.05) is 19.8 Å². The molecule has 0 aromatic rings. The summed E-state index contributed by atoms with van der Waals surface area (Å²) in [6, 6.07) is 0. The summed E-state index contributed by atoms with van der Waals surface area (Å²) in [7, 11) is 0. The lowest BCUT2D eigenvalue weighted by molar-refractivity contribution is -0.199. The molecule has 1 fully saturated rings. The van der Waals surface area contributed by atoms with E-state index in [9.17, 15) is 22.8 Å². The molecule has 0 bridgehead atoms. The molecule has 0 amide bonds. The minimum absolute atomic E-state index is 0. The number of alkyl halides is 3. The van der Waals surface area contributed by atoms with Crippen molar-refractivity contribution < 1.29 is 37.0 Å². The first-order valence-corrected chi connectivity index (χ1v) is 4.26. The molecule has 0 aromatic heterocycles. The quantitative estimate of drug-likeness (QED) is 0.708.